The van der Waals surface area contributed by atoms with E-state index in [-0.39, 0.29) is 6.04 Å². The number of ether oxygens (including phenoxy) is 1. The van der Waals surface area contributed by atoms with Crippen LogP contribution in [0.15, 0.2) is 29.9 Å². The van der Waals surface area contributed by atoms with Gasteiger partial charge in [-0.3, -0.25) is 0 Å². The molecule has 2 heterocycles. The van der Waals surface area contributed by atoms with Gasteiger partial charge in [-0.1, -0.05) is 6.07 Å². The van der Waals surface area contributed by atoms with E-state index < -0.39 is 0 Å². The molecule has 2 aromatic heterocycles. The smallest absolute Gasteiger partial charge is 0.150 e. The highest BCUT2D eigenvalue weighted by Gasteiger charge is 2.09. The van der Waals surface area contributed by atoms with E-state index in [0.717, 1.165) is 17.2 Å². The van der Waals surface area contributed by atoms with Gasteiger partial charge in [0.2, 0.25) is 0 Å². The third-order valence-corrected chi connectivity index (χ3v) is 3.13. The summed E-state index contributed by atoms with van der Waals surface area (Å²) in [6.07, 6.45) is 3.75. The van der Waals surface area contributed by atoms with Gasteiger partial charge in [0.25, 0.3) is 0 Å². The van der Waals surface area contributed by atoms with Crippen LogP contribution in [0, 0.1) is 0 Å². The number of nitrogens with two attached hydrogens (primary N) is 1. The van der Waals surface area contributed by atoms with Gasteiger partial charge >= 0.3 is 0 Å². The first kappa shape index (κ1) is 11.3. The standard InChI is InChI=1S/C11H15N3OS/c1-15-8-9(12)7-14-5-4-13-11(14)10-3-2-6-16-10/h2-6,9H,7-8,12H2,1H3. The molecule has 2 aromatic rings. The third-order valence-electron chi connectivity index (χ3n) is 2.27. The normalized spacial score (nSPS) is 12.9. The van der Waals surface area contributed by atoms with Gasteiger partial charge in [-0.2, -0.15) is 0 Å². The average molecular weight is 237 g/mol. The largest absolute Gasteiger partial charge is 0.383 e. The van der Waals surface area contributed by atoms with Crippen LogP contribution in [0.5, 0.6) is 0 Å². The predicted octanol–water partition coefficient (Wildman–Crippen LogP) is 1.59. The zero-order valence-electron chi connectivity index (χ0n) is 9.17. The van der Waals surface area contributed by atoms with Gasteiger partial charge in [0, 0.05) is 32.1 Å². The van der Waals surface area contributed by atoms with Gasteiger partial charge < -0.3 is 15.0 Å². The quantitative estimate of drug-likeness (QED) is 0.859. The van der Waals surface area contributed by atoms with Crippen LogP contribution in [0.2, 0.25) is 0 Å². The molecule has 0 bridgehead atoms. The van der Waals surface area contributed by atoms with Gasteiger partial charge in [0.05, 0.1) is 11.5 Å². The topological polar surface area (TPSA) is 53.1 Å². The Morgan fingerprint density at radius 3 is 3.19 bits per heavy atom. The highest BCUT2D eigenvalue weighted by molar-refractivity contribution is 7.13. The molecule has 5 heteroatoms. The second-order valence-electron chi connectivity index (χ2n) is 3.60. The molecule has 0 aliphatic rings. The Kier molecular flexibility index (Phi) is 3.71. The van der Waals surface area contributed by atoms with E-state index in [9.17, 15) is 0 Å². The van der Waals surface area contributed by atoms with Crippen LogP contribution < -0.4 is 5.73 Å². The number of aromatic nitrogens is 2. The molecule has 4 nitrogen and oxygen atoms in total. The lowest BCUT2D eigenvalue weighted by molar-refractivity contribution is 0.174. The SMILES string of the molecule is COCC(N)Cn1ccnc1-c1cccs1. The lowest BCUT2D eigenvalue weighted by atomic mass is 10.3. The van der Waals surface area contributed by atoms with Gasteiger partial charge in [-0.15, -0.1) is 11.3 Å². The van der Waals surface area contributed by atoms with Crippen molar-refractivity contribution in [2.45, 2.75) is 12.6 Å². The van der Waals surface area contributed by atoms with Gasteiger partial charge in [-0.05, 0) is 11.4 Å². The first-order valence-corrected chi connectivity index (χ1v) is 5.98. The molecular formula is C11H15N3OS. The van der Waals surface area contributed by atoms with E-state index in [1.807, 2.05) is 17.6 Å². The molecule has 16 heavy (non-hydrogen) atoms. The number of rotatable bonds is 5. The number of hydrogen-bond donors (Lipinski definition) is 1. The third kappa shape index (κ3) is 2.49. The van der Waals surface area contributed by atoms with Gasteiger partial charge in [0.15, 0.2) is 0 Å². The van der Waals surface area contributed by atoms with Crippen molar-refractivity contribution in [3.8, 4) is 10.7 Å². The van der Waals surface area contributed by atoms with E-state index in [1.165, 1.54) is 0 Å². The van der Waals surface area contributed by atoms with Crippen LogP contribution in [0.1, 0.15) is 0 Å². The molecule has 1 atom stereocenters. The Labute approximate surface area is 98.7 Å². The van der Waals surface area contributed by atoms with Gasteiger partial charge in [-0.25, -0.2) is 4.98 Å². The number of methoxy groups -OCH3 is 1. The van der Waals surface area contributed by atoms with Crippen LogP contribution in [0.25, 0.3) is 10.7 Å². The van der Waals surface area contributed by atoms with Crippen molar-refractivity contribution < 1.29 is 4.74 Å². The van der Waals surface area contributed by atoms with Crippen LogP contribution >= 0.6 is 11.3 Å². The van der Waals surface area contributed by atoms with Crippen molar-refractivity contribution in [2.75, 3.05) is 13.7 Å². The van der Waals surface area contributed by atoms with Crippen LogP contribution in [0.4, 0.5) is 0 Å². The molecule has 86 valence electrons. The van der Waals surface area contributed by atoms with Crippen molar-refractivity contribution in [3.05, 3.63) is 29.9 Å². The fraction of sp³-hybridized carbons (Fsp3) is 0.364. The second kappa shape index (κ2) is 5.25. The van der Waals surface area contributed by atoms with Crippen molar-refractivity contribution in [3.63, 3.8) is 0 Å². The fourth-order valence-corrected chi connectivity index (χ4v) is 2.34. The number of hydrogen-bond acceptors (Lipinski definition) is 4. The van der Waals surface area contributed by atoms with Crippen molar-refractivity contribution >= 4 is 11.3 Å². The number of imidazole rings is 1. The summed E-state index contributed by atoms with van der Waals surface area (Å²) in [6, 6.07) is 4.08. The molecule has 2 N–H and O–H groups in total. The number of thiophene rings is 1. The van der Waals surface area contributed by atoms with Crippen LogP contribution in [-0.2, 0) is 11.3 Å². The lowest BCUT2D eigenvalue weighted by Crippen LogP contribution is -2.30. The summed E-state index contributed by atoms with van der Waals surface area (Å²) in [7, 11) is 1.66. The zero-order chi connectivity index (χ0) is 11.4. The summed E-state index contributed by atoms with van der Waals surface area (Å²) in [5.41, 5.74) is 5.93. The maximum Gasteiger partial charge on any atom is 0.150 e. The predicted molar refractivity (Wildman–Crippen MR) is 65.4 cm³/mol. The molecule has 0 amide bonds. The summed E-state index contributed by atoms with van der Waals surface area (Å²) in [4.78, 5) is 5.51. The molecule has 2 rings (SSSR count). The first-order valence-electron chi connectivity index (χ1n) is 5.11. The minimum absolute atomic E-state index is 0.00193. The van der Waals surface area contributed by atoms with Crippen LogP contribution in [-0.4, -0.2) is 29.3 Å². The summed E-state index contributed by atoms with van der Waals surface area (Å²) in [5.74, 6) is 0.974. The Bertz CT molecular complexity index is 424. The van der Waals surface area contributed by atoms with Crippen LogP contribution in [0.3, 0.4) is 0 Å². The Balaban J connectivity index is 2.14. The van der Waals surface area contributed by atoms with E-state index in [2.05, 4.69) is 15.6 Å². The van der Waals surface area contributed by atoms with E-state index in [1.54, 1.807) is 24.6 Å². The summed E-state index contributed by atoms with van der Waals surface area (Å²) in [5, 5.41) is 2.05. The lowest BCUT2D eigenvalue weighted by Gasteiger charge is -2.12. The van der Waals surface area contributed by atoms with Crippen molar-refractivity contribution in [2.24, 2.45) is 5.73 Å². The van der Waals surface area contributed by atoms with Crippen molar-refractivity contribution in [1.82, 2.24) is 9.55 Å². The van der Waals surface area contributed by atoms with Crippen molar-refractivity contribution in [1.29, 1.82) is 0 Å². The molecule has 1 unspecified atom stereocenters. The zero-order valence-corrected chi connectivity index (χ0v) is 9.98. The monoisotopic (exact) mass is 237 g/mol. The molecule has 0 aromatic carbocycles. The summed E-state index contributed by atoms with van der Waals surface area (Å²) in [6.45, 7) is 1.28. The van der Waals surface area contributed by atoms with E-state index >= 15 is 0 Å². The summed E-state index contributed by atoms with van der Waals surface area (Å²) >= 11 is 1.68. The molecule has 0 spiro atoms. The molecule has 0 aliphatic heterocycles. The molecular weight excluding hydrogens is 222 g/mol. The Morgan fingerprint density at radius 2 is 2.50 bits per heavy atom. The maximum atomic E-state index is 5.93. The molecule has 0 saturated carbocycles. The molecule has 0 aliphatic carbocycles. The average Bonchev–Trinajstić information content (AvgIpc) is 2.86. The van der Waals surface area contributed by atoms with Gasteiger partial charge in [0.1, 0.15) is 5.82 Å². The second-order valence-corrected chi connectivity index (χ2v) is 4.54. The van der Waals surface area contributed by atoms with E-state index in [4.69, 9.17) is 10.5 Å². The minimum Gasteiger partial charge on any atom is -0.383 e. The van der Waals surface area contributed by atoms with E-state index in [0.29, 0.717) is 6.61 Å². The fourth-order valence-electron chi connectivity index (χ4n) is 1.61. The molecule has 0 fully saturated rings. The highest BCUT2D eigenvalue weighted by atomic mass is 32.1. The minimum atomic E-state index is -0.00193. The Morgan fingerprint density at radius 1 is 1.62 bits per heavy atom. The molecule has 0 saturated heterocycles. The first-order chi connectivity index (χ1) is 7.81. The maximum absolute atomic E-state index is 5.93. The highest BCUT2D eigenvalue weighted by Crippen LogP contribution is 2.22. The Hall–Kier alpha value is -1.17. The summed E-state index contributed by atoms with van der Waals surface area (Å²) < 4.78 is 7.09. The number of nitrogens with zero attached hydrogens (tertiary/aromatic N) is 2. The molecule has 0 radical (unpaired) electrons.